The molecule has 3 nitrogen and oxygen atoms in total. The molecule has 0 bridgehead atoms. The number of aromatic hydroxyl groups is 1. The van der Waals surface area contributed by atoms with E-state index >= 15 is 0 Å². The van der Waals surface area contributed by atoms with E-state index < -0.39 is 0 Å². The summed E-state index contributed by atoms with van der Waals surface area (Å²) in [4.78, 5) is 0. The zero-order valence-corrected chi connectivity index (χ0v) is 9.48. The average molecular weight is 287 g/mol. The number of benzene rings is 1. The molecule has 1 heterocycles. The summed E-state index contributed by atoms with van der Waals surface area (Å²) in [6.07, 6.45) is 0.583. The van der Waals surface area contributed by atoms with Crippen LogP contribution in [0.4, 0.5) is 33.9 Å². The second kappa shape index (κ2) is 17.7. The van der Waals surface area contributed by atoms with Crippen LogP contribution in [0.5, 0.6) is 5.75 Å². The van der Waals surface area contributed by atoms with Crippen molar-refractivity contribution in [2.75, 3.05) is 12.3 Å². The third kappa shape index (κ3) is 16.8. The molecule has 1 saturated heterocycles. The fourth-order valence-electron chi connectivity index (χ4n) is 0.584. The second-order valence-corrected chi connectivity index (χ2v) is 2.70. The summed E-state index contributed by atoms with van der Waals surface area (Å²) >= 11 is 0. The Balaban J connectivity index is -0.0000000326. The molecule has 1 aliphatic rings. The Bertz CT molecular complexity index is 242. The molecule has 1 atom stereocenters. The molecule has 1 unspecified atom stereocenters. The van der Waals surface area contributed by atoms with Crippen molar-refractivity contribution in [3.8, 4) is 5.75 Å². The molecule has 114 valence electrons. The van der Waals surface area contributed by atoms with E-state index in [4.69, 9.17) is 15.6 Å². The van der Waals surface area contributed by atoms with E-state index in [1.807, 2.05) is 0 Å². The minimum Gasteiger partial charge on any atom is -0.506 e. The zero-order chi connectivity index (χ0) is 8.97. The highest BCUT2D eigenvalue weighted by Crippen LogP contribution is 2.16. The summed E-state index contributed by atoms with van der Waals surface area (Å²) in [6.45, 7) is 3.04. The SMILES string of the molecule is CC1CO1.F.F.F.F.F.F.Nc1ccccc1O. The Morgan fingerprint density at radius 1 is 1.06 bits per heavy atom. The molecule has 1 aliphatic heterocycles. The molecule has 0 amide bonds. The van der Waals surface area contributed by atoms with Crippen LogP contribution in [0.3, 0.4) is 0 Å². The van der Waals surface area contributed by atoms with E-state index in [2.05, 4.69) is 6.92 Å². The first-order chi connectivity index (χ1) is 5.70. The first kappa shape index (κ1) is 36.0. The van der Waals surface area contributed by atoms with Crippen LogP contribution >= 0.6 is 0 Å². The first-order valence-electron chi connectivity index (χ1n) is 3.85. The molecule has 1 aromatic rings. The lowest BCUT2D eigenvalue weighted by atomic mass is 10.3. The standard InChI is InChI=1S/C6H7NO.C3H6O.6FH/c7-5-3-1-2-4-6(5)8;1-3-2-4-3;;;;;;/h1-4,8H,7H2;3H,2H2,1H3;6*1H. The zero-order valence-electron chi connectivity index (χ0n) is 9.48. The van der Waals surface area contributed by atoms with Crippen LogP contribution in [0.1, 0.15) is 6.92 Å². The molecule has 0 spiro atoms. The molecule has 0 saturated carbocycles. The fraction of sp³-hybridized carbons (Fsp3) is 0.333. The van der Waals surface area contributed by atoms with Crippen LogP contribution in [0, 0.1) is 0 Å². The van der Waals surface area contributed by atoms with Gasteiger partial charge < -0.3 is 15.6 Å². The lowest BCUT2D eigenvalue weighted by Crippen LogP contribution is -1.82. The predicted molar refractivity (Wildman–Crippen MR) is 63.0 cm³/mol. The van der Waals surface area contributed by atoms with E-state index in [1.165, 1.54) is 0 Å². The molecule has 9 heteroatoms. The Labute approximate surface area is 100 Å². The minimum atomic E-state index is 0. The monoisotopic (exact) mass is 287 g/mol. The molecule has 0 aliphatic carbocycles. The van der Waals surface area contributed by atoms with Crippen LogP contribution in [0.25, 0.3) is 0 Å². The Kier molecular flexibility index (Phi) is 35.5. The van der Waals surface area contributed by atoms with Crippen LogP contribution < -0.4 is 5.73 Å². The molecule has 1 aromatic carbocycles. The number of rotatable bonds is 0. The van der Waals surface area contributed by atoms with Gasteiger partial charge in [-0.25, -0.2) is 0 Å². The molecular weight excluding hydrogens is 268 g/mol. The van der Waals surface area contributed by atoms with E-state index in [9.17, 15) is 0 Å². The van der Waals surface area contributed by atoms with Crippen molar-refractivity contribution in [3.63, 3.8) is 0 Å². The molecule has 3 N–H and O–H groups in total. The highest BCUT2D eigenvalue weighted by atomic mass is 19.0. The molecule has 1 fully saturated rings. The van der Waals surface area contributed by atoms with Gasteiger partial charge in [0.2, 0.25) is 0 Å². The van der Waals surface area contributed by atoms with Crippen molar-refractivity contribution < 1.29 is 38.1 Å². The normalized spacial score (nSPS) is 12.8. The maximum atomic E-state index is 8.79. The first-order valence-corrected chi connectivity index (χ1v) is 3.85. The number of phenols is 1. The topological polar surface area (TPSA) is 58.8 Å². The lowest BCUT2D eigenvalue weighted by molar-refractivity contribution is 0.423. The van der Waals surface area contributed by atoms with Gasteiger partial charge in [-0.05, 0) is 19.1 Å². The van der Waals surface area contributed by atoms with Gasteiger partial charge in [-0.3, -0.25) is 28.2 Å². The Morgan fingerprint density at radius 3 is 1.56 bits per heavy atom. The number of halogens is 6. The molecular formula is C9H19F6NO2. The third-order valence-electron chi connectivity index (χ3n) is 1.44. The van der Waals surface area contributed by atoms with Crippen molar-refractivity contribution in [1.29, 1.82) is 0 Å². The largest absolute Gasteiger partial charge is 0.506 e. The molecule has 0 radical (unpaired) electrons. The van der Waals surface area contributed by atoms with E-state index in [-0.39, 0.29) is 34.0 Å². The summed E-state index contributed by atoms with van der Waals surface area (Å²) < 4.78 is 4.71. The summed E-state index contributed by atoms with van der Waals surface area (Å²) in [5.41, 5.74) is 5.69. The van der Waals surface area contributed by atoms with Gasteiger partial charge in [0.15, 0.2) is 0 Å². The van der Waals surface area contributed by atoms with Gasteiger partial charge >= 0.3 is 0 Å². The number of epoxide rings is 1. The highest BCUT2D eigenvalue weighted by molar-refractivity contribution is 5.50. The van der Waals surface area contributed by atoms with Crippen LogP contribution in [0.2, 0.25) is 0 Å². The van der Waals surface area contributed by atoms with Gasteiger partial charge in [-0.1, -0.05) is 12.1 Å². The molecule has 18 heavy (non-hydrogen) atoms. The number of anilines is 1. The fourth-order valence-corrected chi connectivity index (χ4v) is 0.584. The smallest absolute Gasteiger partial charge is 0.138 e. The van der Waals surface area contributed by atoms with Crippen molar-refractivity contribution >= 4 is 5.69 Å². The van der Waals surface area contributed by atoms with Crippen LogP contribution in [0.15, 0.2) is 24.3 Å². The maximum absolute atomic E-state index is 8.79. The van der Waals surface area contributed by atoms with Gasteiger partial charge in [0.05, 0.1) is 18.4 Å². The number of hydrogen-bond donors (Lipinski definition) is 2. The van der Waals surface area contributed by atoms with Gasteiger partial charge in [0.1, 0.15) is 5.75 Å². The number of nitrogen functional groups attached to an aromatic ring is 1. The van der Waals surface area contributed by atoms with Crippen molar-refractivity contribution in [3.05, 3.63) is 24.3 Å². The summed E-state index contributed by atoms with van der Waals surface area (Å²) in [7, 11) is 0. The quantitative estimate of drug-likeness (QED) is 0.333. The van der Waals surface area contributed by atoms with Gasteiger partial charge in [-0.15, -0.1) is 0 Å². The van der Waals surface area contributed by atoms with Crippen molar-refractivity contribution in [2.45, 2.75) is 13.0 Å². The second-order valence-electron chi connectivity index (χ2n) is 2.70. The number of hydrogen-bond acceptors (Lipinski definition) is 3. The summed E-state index contributed by atoms with van der Waals surface area (Å²) in [5.74, 6) is 0.146. The Hall–Kier alpha value is -1.64. The predicted octanol–water partition coefficient (Wildman–Crippen LogP) is 2.29. The Morgan fingerprint density at radius 2 is 1.39 bits per heavy atom. The lowest BCUT2D eigenvalue weighted by Gasteiger charge is -1.92. The van der Waals surface area contributed by atoms with E-state index in [0.29, 0.717) is 11.8 Å². The summed E-state index contributed by atoms with van der Waals surface area (Å²) in [5, 5.41) is 8.79. The minimum absolute atomic E-state index is 0. The van der Waals surface area contributed by atoms with Crippen LogP contribution in [-0.2, 0) is 4.74 Å². The highest BCUT2D eigenvalue weighted by Gasteiger charge is 2.13. The van der Waals surface area contributed by atoms with Crippen molar-refractivity contribution in [2.24, 2.45) is 0 Å². The number of phenolic OH excluding ortho intramolecular Hbond substituents is 1. The molecule has 2 rings (SSSR count). The van der Waals surface area contributed by atoms with E-state index in [0.717, 1.165) is 6.61 Å². The van der Waals surface area contributed by atoms with Gasteiger partial charge in [-0.2, -0.15) is 0 Å². The van der Waals surface area contributed by atoms with Crippen LogP contribution in [-0.4, -0.2) is 17.8 Å². The average Bonchev–Trinajstić information content (AvgIpc) is 2.80. The summed E-state index contributed by atoms with van der Waals surface area (Å²) in [6, 6.07) is 6.70. The van der Waals surface area contributed by atoms with E-state index in [1.54, 1.807) is 24.3 Å². The number of nitrogens with two attached hydrogens (primary N) is 1. The number of ether oxygens (including phenoxy) is 1. The third-order valence-corrected chi connectivity index (χ3v) is 1.44. The maximum Gasteiger partial charge on any atom is 0.138 e. The van der Waals surface area contributed by atoms with Crippen molar-refractivity contribution in [1.82, 2.24) is 0 Å². The van der Waals surface area contributed by atoms with Gasteiger partial charge in [0.25, 0.3) is 0 Å². The van der Waals surface area contributed by atoms with Gasteiger partial charge in [0, 0.05) is 0 Å². The number of para-hydroxylation sites is 2. The molecule has 0 aromatic heterocycles.